The highest BCUT2D eigenvalue weighted by molar-refractivity contribution is 5.90. The number of amides is 2. The predicted molar refractivity (Wildman–Crippen MR) is 79.9 cm³/mol. The zero-order valence-corrected chi connectivity index (χ0v) is 12.1. The molecule has 0 aliphatic carbocycles. The van der Waals surface area contributed by atoms with Gasteiger partial charge in [0.1, 0.15) is 0 Å². The molecule has 5 heteroatoms. The summed E-state index contributed by atoms with van der Waals surface area (Å²) in [6.45, 7) is 4.69. The van der Waals surface area contributed by atoms with Gasteiger partial charge in [0.25, 0.3) is 0 Å². The standard InChI is InChI=1S/C15H20N4O/c1-11-5-4-6-14(12(11)2)18-15(20)19(3)8-7-13-9-16-17-10-13/h4-6,9-10H,7-8H2,1-3H3,(H,16,17)(H,18,20). The van der Waals surface area contributed by atoms with E-state index in [2.05, 4.69) is 15.5 Å². The molecule has 2 amide bonds. The summed E-state index contributed by atoms with van der Waals surface area (Å²) in [5.74, 6) is 0. The summed E-state index contributed by atoms with van der Waals surface area (Å²) < 4.78 is 0. The summed E-state index contributed by atoms with van der Waals surface area (Å²) >= 11 is 0. The Hall–Kier alpha value is -2.30. The number of rotatable bonds is 4. The van der Waals surface area contributed by atoms with Crippen LogP contribution in [-0.4, -0.2) is 34.7 Å². The van der Waals surface area contributed by atoms with Crippen LogP contribution in [0.15, 0.2) is 30.6 Å². The van der Waals surface area contributed by atoms with Crippen LogP contribution < -0.4 is 5.32 Å². The number of nitrogens with zero attached hydrogens (tertiary/aromatic N) is 2. The molecule has 0 fully saturated rings. The number of H-pyrrole nitrogens is 1. The molecule has 2 aromatic rings. The van der Waals surface area contributed by atoms with Gasteiger partial charge in [0, 0.05) is 25.5 Å². The van der Waals surface area contributed by atoms with Gasteiger partial charge >= 0.3 is 6.03 Å². The van der Waals surface area contributed by atoms with Gasteiger partial charge in [0.15, 0.2) is 0 Å². The Bertz CT molecular complexity index is 578. The minimum atomic E-state index is -0.0952. The number of likely N-dealkylation sites (N-methyl/N-ethyl adjacent to an activating group) is 1. The van der Waals surface area contributed by atoms with Gasteiger partial charge in [0.05, 0.1) is 6.20 Å². The average Bonchev–Trinajstić information content (AvgIpc) is 2.94. The van der Waals surface area contributed by atoms with Crippen LogP contribution in [0.4, 0.5) is 10.5 Å². The third-order valence-electron chi connectivity index (χ3n) is 3.48. The van der Waals surface area contributed by atoms with E-state index in [4.69, 9.17) is 0 Å². The summed E-state index contributed by atoms with van der Waals surface area (Å²) in [5.41, 5.74) is 4.23. The van der Waals surface area contributed by atoms with E-state index in [0.29, 0.717) is 6.54 Å². The fourth-order valence-electron chi connectivity index (χ4n) is 1.91. The van der Waals surface area contributed by atoms with E-state index in [-0.39, 0.29) is 6.03 Å². The molecular weight excluding hydrogens is 252 g/mol. The van der Waals surface area contributed by atoms with Crippen molar-refractivity contribution >= 4 is 11.7 Å². The lowest BCUT2D eigenvalue weighted by Crippen LogP contribution is -2.33. The van der Waals surface area contributed by atoms with E-state index >= 15 is 0 Å². The van der Waals surface area contributed by atoms with Gasteiger partial charge in [0.2, 0.25) is 0 Å². The number of aryl methyl sites for hydroxylation is 1. The number of urea groups is 1. The van der Waals surface area contributed by atoms with E-state index in [9.17, 15) is 4.79 Å². The Morgan fingerprint density at radius 2 is 2.20 bits per heavy atom. The van der Waals surface area contributed by atoms with Crippen LogP contribution in [0, 0.1) is 13.8 Å². The van der Waals surface area contributed by atoms with E-state index in [1.54, 1.807) is 18.1 Å². The van der Waals surface area contributed by atoms with Crippen molar-refractivity contribution < 1.29 is 4.79 Å². The molecule has 0 saturated heterocycles. The predicted octanol–water partition coefficient (Wildman–Crippen LogP) is 2.73. The van der Waals surface area contributed by atoms with Crippen LogP contribution in [0.3, 0.4) is 0 Å². The summed E-state index contributed by atoms with van der Waals surface area (Å²) in [6, 6.07) is 5.81. The molecule has 2 rings (SSSR count). The highest BCUT2D eigenvalue weighted by Gasteiger charge is 2.10. The third kappa shape index (κ3) is 3.38. The van der Waals surface area contributed by atoms with Crippen LogP contribution >= 0.6 is 0 Å². The van der Waals surface area contributed by atoms with Crippen molar-refractivity contribution in [2.24, 2.45) is 0 Å². The van der Waals surface area contributed by atoms with Crippen LogP contribution in [-0.2, 0) is 6.42 Å². The number of aromatic nitrogens is 2. The topological polar surface area (TPSA) is 61.0 Å². The smallest absolute Gasteiger partial charge is 0.321 e. The number of benzene rings is 1. The lowest BCUT2D eigenvalue weighted by atomic mass is 10.1. The number of aromatic amines is 1. The third-order valence-corrected chi connectivity index (χ3v) is 3.48. The number of nitrogens with one attached hydrogen (secondary N) is 2. The van der Waals surface area contributed by atoms with Crippen molar-refractivity contribution in [3.8, 4) is 0 Å². The molecule has 0 spiro atoms. The second-order valence-corrected chi connectivity index (χ2v) is 4.96. The largest absolute Gasteiger partial charge is 0.327 e. The maximum Gasteiger partial charge on any atom is 0.321 e. The van der Waals surface area contributed by atoms with Gasteiger partial charge in [-0.05, 0) is 43.0 Å². The first kappa shape index (κ1) is 14.1. The minimum absolute atomic E-state index is 0.0952. The number of hydrogen-bond donors (Lipinski definition) is 2. The first-order valence-corrected chi connectivity index (χ1v) is 6.64. The van der Waals surface area contributed by atoms with Gasteiger partial charge < -0.3 is 10.2 Å². The van der Waals surface area contributed by atoms with Gasteiger partial charge in [-0.15, -0.1) is 0 Å². The van der Waals surface area contributed by atoms with Gasteiger partial charge in [-0.3, -0.25) is 5.10 Å². The molecule has 1 aromatic carbocycles. The fraction of sp³-hybridized carbons (Fsp3) is 0.333. The minimum Gasteiger partial charge on any atom is -0.327 e. The molecular formula is C15H20N4O. The molecule has 0 aliphatic rings. The Kier molecular flexibility index (Phi) is 4.40. The molecule has 0 atom stereocenters. The first-order chi connectivity index (χ1) is 9.58. The maximum atomic E-state index is 12.1. The van der Waals surface area contributed by atoms with E-state index in [0.717, 1.165) is 23.2 Å². The molecule has 106 valence electrons. The van der Waals surface area contributed by atoms with Crippen molar-refractivity contribution in [1.29, 1.82) is 0 Å². The van der Waals surface area contributed by atoms with Crippen molar-refractivity contribution in [3.63, 3.8) is 0 Å². The molecule has 0 radical (unpaired) electrons. The van der Waals surface area contributed by atoms with Crippen molar-refractivity contribution in [2.45, 2.75) is 20.3 Å². The molecule has 0 unspecified atom stereocenters. The monoisotopic (exact) mass is 272 g/mol. The highest BCUT2D eigenvalue weighted by atomic mass is 16.2. The van der Waals surface area contributed by atoms with Crippen molar-refractivity contribution in [1.82, 2.24) is 15.1 Å². The molecule has 0 bridgehead atoms. The van der Waals surface area contributed by atoms with Crippen LogP contribution in [0.2, 0.25) is 0 Å². The molecule has 1 aromatic heterocycles. The second kappa shape index (κ2) is 6.23. The first-order valence-electron chi connectivity index (χ1n) is 6.64. The van der Waals surface area contributed by atoms with E-state index in [1.807, 2.05) is 38.2 Å². The maximum absolute atomic E-state index is 12.1. The SMILES string of the molecule is Cc1cccc(NC(=O)N(C)CCc2cn[nH]c2)c1C. The molecule has 2 N–H and O–H groups in total. The number of carbonyl (C=O) groups is 1. The molecule has 0 saturated carbocycles. The van der Waals surface area contributed by atoms with Gasteiger partial charge in [-0.25, -0.2) is 4.79 Å². The number of carbonyl (C=O) groups excluding carboxylic acids is 1. The Morgan fingerprint density at radius 3 is 2.90 bits per heavy atom. The quantitative estimate of drug-likeness (QED) is 0.899. The van der Waals surface area contributed by atoms with E-state index in [1.165, 1.54) is 5.56 Å². The zero-order chi connectivity index (χ0) is 14.5. The normalized spacial score (nSPS) is 10.3. The van der Waals surface area contributed by atoms with Gasteiger partial charge in [-0.2, -0.15) is 5.10 Å². The number of anilines is 1. The molecule has 1 heterocycles. The Balaban J connectivity index is 1.92. The summed E-state index contributed by atoms with van der Waals surface area (Å²) in [6.07, 6.45) is 4.40. The Morgan fingerprint density at radius 1 is 1.40 bits per heavy atom. The van der Waals surface area contributed by atoms with Crippen LogP contribution in [0.25, 0.3) is 0 Å². The summed E-state index contributed by atoms with van der Waals surface area (Å²) in [4.78, 5) is 13.8. The summed E-state index contributed by atoms with van der Waals surface area (Å²) in [5, 5.41) is 9.60. The van der Waals surface area contributed by atoms with Crippen LogP contribution in [0.5, 0.6) is 0 Å². The van der Waals surface area contributed by atoms with Crippen molar-refractivity contribution in [2.75, 3.05) is 18.9 Å². The molecule has 0 aliphatic heterocycles. The average molecular weight is 272 g/mol. The highest BCUT2D eigenvalue weighted by Crippen LogP contribution is 2.18. The second-order valence-electron chi connectivity index (χ2n) is 4.96. The molecule has 5 nitrogen and oxygen atoms in total. The van der Waals surface area contributed by atoms with Crippen molar-refractivity contribution in [3.05, 3.63) is 47.3 Å². The van der Waals surface area contributed by atoms with Gasteiger partial charge in [-0.1, -0.05) is 12.1 Å². The summed E-state index contributed by atoms with van der Waals surface area (Å²) in [7, 11) is 1.79. The number of hydrogen-bond acceptors (Lipinski definition) is 2. The van der Waals surface area contributed by atoms with Crippen LogP contribution in [0.1, 0.15) is 16.7 Å². The zero-order valence-electron chi connectivity index (χ0n) is 12.1. The fourth-order valence-corrected chi connectivity index (χ4v) is 1.91. The van der Waals surface area contributed by atoms with E-state index < -0.39 is 0 Å². The lowest BCUT2D eigenvalue weighted by molar-refractivity contribution is 0.223. The Labute approximate surface area is 119 Å². The lowest BCUT2D eigenvalue weighted by Gasteiger charge is -2.19. The molecule has 20 heavy (non-hydrogen) atoms.